The molecule has 0 nitrogen and oxygen atoms in total. The first-order valence-electron chi connectivity index (χ1n) is 3.33. The molecular formula is C9H10Si. The summed E-state index contributed by atoms with van der Waals surface area (Å²) in [5, 5.41) is 0. The minimum atomic E-state index is 0.371. The van der Waals surface area contributed by atoms with Crippen LogP contribution in [-0.4, -0.2) is 9.12 Å². The molecule has 1 heterocycles. The fraction of sp³-hybridized carbons (Fsp3) is 0. The van der Waals surface area contributed by atoms with E-state index in [1.807, 2.05) is 18.2 Å². The first-order valence-corrected chi connectivity index (χ1v) is 4.67. The van der Waals surface area contributed by atoms with Gasteiger partial charge >= 0.3 is 0 Å². The monoisotopic (exact) mass is 146 g/mol. The highest BCUT2D eigenvalue weighted by Gasteiger charge is 1.58. The van der Waals surface area contributed by atoms with Crippen molar-refractivity contribution < 1.29 is 0 Å². The molecule has 1 aromatic heterocycles. The van der Waals surface area contributed by atoms with E-state index in [9.17, 15) is 0 Å². The van der Waals surface area contributed by atoms with E-state index < -0.39 is 0 Å². The highest BCUT2D eigenvalue weighted by molar-refractivity contribution is 6.26. The van der Waals surface area contributed by atoms with Crippen LogP contribution in [0.5, 0.6) is 0 Å². The van der Waals surface area contributed by atoms with Crippen LogP contribution in [0, 0.1) is 0 Å². The molecule has 0 aliphatic heterocycles. The molecule has 50 valence electrons. The van der Waals surface area contributed by atoms with Crippen molar-refractivity contribution in [2.24, 2.45) is 0 Å². The van der Waals surface area contributed by atoms with E-state index in [4.69, 9.17) is 0 Å². The van der Waals surface area contributed by atoms with Crippen molar-refractivity contribution in [3.05, 3.63) is 53.8 Å². The van der Waals surface area contributed by atoms with Crippen molar-refractivity contribution in [1.29, 1.82) is 0 Å². The van der Waals surface area contributed by atoms with Gasteiger partial charge in [-0.1, -0.05) is 53.8 Å². The number of hydrogen-bond acceptors (Lipinski definition) is 0. The van der Waals surface area contributed by atoms with Gasteiger partial charge in [0.05, 0.1) is 0 Å². The maximum Gasteiger partial charge on any atom is 0.0198 e. The molecule has 10 heavy (non-hydrogen) atoms. The molecule has 0 amide bonds. The zero-order valence-corrected chi connectivity index (χ0v) is 6.93. The van der Waals surface area contributed by atoms with Gasteiger partial charge in [-0.05, 0) is 0 Å². The van der Waals surface area contributed by atoms with E-state index >= 15 is 0 Å². The van der Waals surface area contributed by atoms with Crippen LogP contribution < -0.4 is 0 Å². The minimum Gasteiger partial charge on any atom is -0.0805 e. The lowest BCUT2D eigenvalue weighted by Crippen LogP contribution is -1.57. The summed E-state index contributed by atoms with van der Waals surface area (Å²) in [5.41, 5.74) is 4.42. The van der Waals surface area contributed by atoms with E-state index in [1.54, 1.807) is 0 Å². The Labute approximate surface area is 63.6 Å². The van der Waals surface area contributed by atoms with Gasteiger partial charge in [0, 0.05) is 9.12 Å². The second-order valence-electron chi connectivity index (χ2n) is 1.92. The molecule has 0 atom stereocenters. The molecule has 0 aliphatic carbocycles. The molecule has 0 aromatic carbocycles. The Morgan fingerprint density at radius 2 is 0.900 bits per heavy atom. The molecule has 0 spiro atoms. The largest absolute Gasteiger partial charge is 0.0805 e. The molecule has 0 bridgehead atoms. The molecule has 0 aliphatic rings. The van der Waals surface area contributed by atoms with Crippen molar-refractivity contribution in [3.8, 4) is 0 Å². The molecule has 0 unspecified atom stereocenters. The summed E-state index contributed by atoms with van der Waals surface area (Å²) in [5.74, 6) is 0. The highest BCUT2D eigenvalue weighted by atomic mass is 28.2. The quantitative estimate of drug-likeness (QED) is 0.490. The third kappa shape index (κ3) is 3.15. The summed E-state index contributed by atoms with van der Waals surface area (Å²) in [6, 6.07) is 14.4. The number of rotatable bonds is 0. The SMILES string of the molecule is c1cccc[siH]cccc1. The van der Waals surface area contributed by atoms with E-state index in [-0.39, 0.29) is 0 Å². The lowest BCUT2D eigenvalue weighted by molar-refractivity contribution is 1.78. The Morgan fingerprint density at radius 3 is 1.40 bits per heavy atom. The van der Waals surface area contributed by atoms with Gasteiger partial charge in [0.15, 0.2) is 0 Å². The minimum absolute atomic E-state index is 0.371. The molecular weight excluding hydrogens is 136 g/mol. The zero-order valence-electron chi connectivity index (χ0n) is 5.77. The standard InChI is InChI=1S/C9H10Si/c1-2-4-6-8-10-9-7-5-3-1/h1-10H. The predicted molar refractivity (Wildman–Crippen MR) is 46.8 cm³/mol. The van der Waals surface area contributed by atoms with Gasteiger partial charge in [0.25, 0.3) is 0 Å². The molecule has 0 radical (unpaired) electrons. The summed E-state index contributed by atoms with van der Waals surface area (Å²) in [4.78, 5) is 0. The van der Waals surface area contributed by atoms with E-state index in [2.05, 4.69) is 35.6 Å². The normalized spacial score (nSPS) is 8.00. The van der Waals surface area contributed by atoms with E-state index in [0.717, 1.165) is 0 Å². The van der Waals surface area contributed by atoms with Crippen LogP contribution >= 0.6 is 0 Å². The average molecular weight is 146 g/mol. The Hall–Kier alpha value is -0.953. The van der Waals surface area contributed by atoms with Crippen molar-refractivity contribution in [1.82, 2.24) is 0 Å². The smallest absolute Gasteiger partial charge is 0.0198 e. The molecule has 0 N–H and O–H groups in total. The van der Waals surface area contributed by atoms with Gasteiger partial charge < -0.3 is 0 Å². The van der Waals surface area contributed by atoms with Gasteiger partial charge in [-0.3, -0.25) is 0 Å². The van der Waals surface area contributed by atoms with Crippen LogP contribution in [0.4, 0.5) is 0 Å². The van der Waals surface area contributed by atoms with Crippen LogP contribution in [0.15, 0.2) is 53.8 Å². The molecule has 1 rings (SSSR count). The lowest BCUT2D eigenvalue weighted by atomic mass is 10.5. The highest BCUT2D eigenvalue weighted by Crippen LogP contribution is 1.76. The zero-order chi connectivity index (χ0) is 7.07. The lowest BCUT2D eigenvalue weighted by Gasteiger charge is -1.69. The molecule has 0 fully saturated rings. The van der Waals surface area contributed by atoms with Crippen LogP contribution in [-0.2, 0) is 0 Å². The Kier molecular flexibility index (Phi) is 3.49. The van der Waals surface area contributed by atoms with Gasteiger partial charge in [-0.2, -0.15) is 0 Å². The number of hydrogen-bond donors (Lipinski definition) is 0. The van der Waals surface area contributed by atoms with Crippen LogP contribution in [0.25, 0.3) is 0 Å². The second-order valence-corrected chi connectivity index (χ2v) is 3.08. The van der Waals surface area contributed by atoms with E-state index in [1.165, 1.54) is 0 Å². The molecule has 1 heteroatoms. The predicted octanol–water partition coefficient (Wildman–Crippen LogP) is 1.88. The fourth-order valence-electron chi connectivity index (χ4n) is 0.642. The van der Waals surface area contributed by atoms with Crippen molar-refractivity contribution in [2.45, 2.75) is 0 Å². The Balaban J connectivity index is 3.00. The Morgan fingerprint density at radius 1 is 0.500 bits per heavy atom. The maximum atomic E-state index is 2.21. The molecule has 0 saturated heterocycles. The summed E-state index contributed by atoms with van der Waals surface area (Å²) in [6.07, 6.45) is 0. The summed E-state index contributed by atoms with van der Waals surface area (Å²) in [7, 11) is 0.371. The van der Waals surface area contributed by atoms with Crippen LogP contribution in [0.3, 0.4) is 0 Å². The van der Waals surface area contributed by atoms with Crippen LogP contribution in [0.2, 0.25) is 0 Å². The molecule has 1 aromatic rings. The third-order valence-corrected chi connectivity index (χ3v) is 2.00. The van der Waals surface area contributed by atoms with Crippen molar-refractivity contribution >= 4 is 9.12 Å². The third-order valence-electron chi connectivity index (χ3n) is 1.11. The van der Waals surface area contributed by atoms with E-state index in [0.29, 0.717) is 9.12 Å². The van der Waals surface area contributed by atoms with Gasteiger partial charge in [0.1, 0.15) is 0 Å². The fourth-order valence-corrected chi connectivity index (χ4v) is 1.28. The second kappa shape index (κ2) is 4.88. The van der Waals surface area contributed by atoms with Crippen molar-refractivity contribution in [3.63, 3.8) is 0 Å². The van der Waals surface area contributed by atoms with Gasteiger partial charge in [-0.15, -0.1) is 0 Å². The maximum absolute atomic E-state index is 2.21. The topological polar surface area (TPSA) is 0 Å². The molecule has 0 saturated carbocycles. The van der Waals surface area contributed by atoms with Gasteiger partial charge in [-0.25, -0.2) is 0 Å². The Bertz CT molecular complexity index is 144. The summed E-state index contributed by atoms with van der Waals surface area (Å²) >= 11 is 0. The van der Waals surface area contributed by atoms with Crippen molar-refractivity contribution in [2.75, 3.05) is 0 Å². The van der Waals surface area contributed by atoms with Crippen LogP contribution in [0.1, 0.15) is 0 Å². The summed E-state index contributed by atoms with van der Waals surface area (Å²) < 4.78 is 0. The average Bonchev–Trinajstić information content (AvgIpc) is 2.01. The summed E-state index contributed by atoms with van der Waals surface area (Å²) in [6.45, 7) is 0. The van der Waals surface area contributed by atoms with Gasteiger partial charge in [0.2, 0.25) is 0 Å². The first kappa shape index (κ1) is 7.16. The first-order chi connectivity index (χ1) is 5.00.